The number of nitrogens with one attached hydrogen (secondary N) is 1. The number of H-pyrrole nitrogens is 1. The summed E-state index contributed by atoms with van der Waals surface area (Å²) < 4.78 is 5.37. The Balaban J connectivity index is 1.59. The number of aromatic nitrogens is 1. The van der Waals surface area contributed by atoms with Gasteiger partial charge in [0.05, 0.1) is 24.3 Å². The monoisotopic (exact) mass is 356 g/mol. The van der Waals surface area contributed by atoms with Gasteiger partial charge in [0, 0.05) is 30.2 Å². The average Bonchev–Trinajstić information content (AvgIpc) is 3.18. The van der Waals surface area contributed by atoms with E-state index in [0.717, 1.165) is 27.6 Å². The molecule has 3 aromatic carbocycles. The van der Waals surface area contributed by atoms with E-state index in [1.54, 1.807) is 0 Å². The van der Waals surface area contributed by atoms with E-state index < -0.39 is 0 Å². The molecule has 1 aliphatic heterocycles. The van der Waals surface area contributed by atoms with Crippen LogP contribution in [0.25, 0.3) is 32.8 Å². The number of amides is 1. The van der Waals surface area contributed by atoms with Gasteiger partial charge in [0.1, 0.15) is 0 Å². The molecule has 4 aromatic rings. The van der Waals surface area contributed by atoms with E-state index >= 15 is 0 Å². The molecular weight excluding hydrogens is 336 g/mol. The molecule has 0 atom stereocenters. The van der Waals surface area contributed by atoms with Gasteiger partial charge in [0.25, 0.3) is 5.91 Å². The van der Waals surface area contributed by atoms with Gasteiger partial charge >= 0.3 is 0 Å². The fourth-order valence-corrected chi connectivity index (χ4v) is 3.87. The summed E-state index contributed by atoms with van der Waals surface area (Å²) in [6.07, 6.45) is 1.84. The summed E-state index contributed by atoms with van der Waals surface area (Å²) in [7, 11) is 0. The van der Waals surface area contributed by atoms with Crippen LogP contribution in [0.2, 0.25) is 0 Å². The highest BCUT2D eigenvalue weighted by Crippen LogP contribution is 2.32. The van der Waals surface area contributed by atoms with E-state index in [9.17, 15) is 4.79 Å². The summed E-state index contributed by atoms with van der Waals surface area (Å²) in [5.41, 5.74) is 3.99. The zero-order valence-electron chi connectivity index (χ0n) is 14.9. The number of ether oxygens (including phenoxy) is 1. The van der Waals surface area contributed by atoms with Crippen LogP contribution in [0.5, 0.6) is 0 Å². The standard InChI is InChI=1S/C23H20N2O2/c26-23(25-10-12-27-13-11-25)21-15-24-22-19(6-3-7-20(21)22)18-9-8-16-4-1-2-5-17(16)14-18/h1-9,14-15,24H,10-13H2. The van der Waals surface area contributed by atoms with Crippen molar-refractivity contribution in [2.45, 2.75) is 0 Å². The molecule has 1 amide bonds. The molecule has 0 radical (unpaired) electrons. The van der Waals surface area contributed by atoms with Gasteiger partial charge in [-0.05, 0) is 22.4 Å². The second-order valence-corrected chi connectivity index (χ2v) is 6.90. The molecule has 1 aromatic heterocycles. The minimum atomic E-state index is 0.0696. The number of aromatic amines is 1. The first-order valence-corrected chi connectivity index (χ1v) is 9.27. The van der Waals surface area contributed by atoms with E-state index in [2.05, 4.69) is 53.5 Å². The molecule has 1 saturated heterocycles. The van der Waals surface area contributed by atoms with Crippen molar-refractivity contribution in [3.8, 4) is 11.1 Å². The Labute approximate surface area is 157 Å². The minimum Gasteiger partial charge on any atom is -0.378 e. The van der Waals surface area contributed by atoms with E-state index in [1.165, 1.54) is 10.8 Å². The van der Waals surface area contributed by atoms with Gasteiger partial charge in [-0.1, -0.05) is 54.6 Å². The Morgan fingerprint density at radius 3 is 2.59 bits per heavy atom. The third-order valence-electron chi connectivity index (χ3n) is 5.30. The molecule has 4 heteroatoms. The zero-order valence-corrected chi connectivity index (χ0v) is 14.9. The van der Waals surface area contributed by atoms with Crippen LogP contribution in [0.1, 0.15) is 10.4 Å². The Kier molecular flexibility index (Phi) is 3.91. The van der Waals surface area contributed by atoms with Crippen molar-refractivity contribution in [3.05, 3.63) is 72.4 Å². The lowest BCUT2D eigenvalue weighted by molar-refractivity contribution is 0.0304. The minimum absolute atomic E-state index is 0.0696. The molecular formula is C23H20N2O2. The predicted molar refractivity (Wildman–Crippen MR) is 108 cm³/mol. The van der Waals surface area contributed by atoms with Crippen molar-refractivity contribution in [2.24, 2.45) is 0 Å². The predicted octanol–water partition coefficient (Wildman–Crippen LogP) is 4.46. The fourth-order valence-electron chi connectivity index (χ4n) is 3.87. The number of morpholine rings is 1. The molecule has 0 unspecified atom stereocenters. The zero-order chi connectivity index (χ0) is 18.2. The molecule has 4 nitrogen and oxygen atoms in total. The van der Waals surface area contributed by atoms with Crippen molar-refractivity contribution in [1.82, 2.24) is 9.88 Å². The Hall–Kier alpha value is -3.11. The van der Waals surface area contributed by atoms with Crippen LogP contribution in [-0.4, -0.2) is 42.1 Å². The molecule has 1 aliphatic rings. The lowest BCUT2D eigenvalue weighted by Gasteiger charge is -2.26. The van der Waals surface area contributed by atoms with E-state index in [0.29, 0.717) is 26.3 Å². The van der Waals surface area contributed by atoms with Gasteiger partial charge in [0.2, 0.25) is 0 Å². The second kappa shape index (κ2) is 6.56. The fraction of sp³-hybridized carbons (Fsp3) is 0.174. The maximum Gasteiger partial charge on any atom is 0.256 e. The lowest BCUT2D eigenvalue weighted by atomic mass is 9.99. The molecule has 5 rings (SSSR count). The highest BCUT2D eigenvalue weighted by molar-refractivity contribution is 6.10. The maximum atomic E-state index is 12.9. The van der Waals surface area contributed by atoms with Crippen LogP contribution in [0.3, 0.4) is 0 Å². The van der Waals surface area contributed by atoms with Gasteiger partial charge in [0.15, 0.2) is 0 Å². The van der Waals surface area contributed by atoms with Crippen LogP contribution in [0.4, 0.5) is 0 Å². The summed E-state index contributed by atoms with van der Waals surface area (Å²) in [6.45, 7) is 2.51. The number of benzene rings is 3. The summed E-state index contributed by atoms with van der Waals surface area (Å²) in [4.78, 5) is 18.2. The Morgan fingerprint density at radius 2 is 1.74 bits per heavy atom. The number of fused-ring (bicyclic) bond motifs is 2. The quantitative estimate of drug-likeness (QED) is 0.576. The highest BCUT2D eigenvalue weighted by atomic mass is 16.5. The lowest BCUT2D eigenvalue weighted by Crippen LogP contribution is -2.40. The normalized spacial score (nSPS) is 14.7. The number of carbonyl (C=O) groups excluding carboxylic acids is 1. The van der Waals surface area contributed by atoms with Crippen molar-refractivity contribution in [2.75, 3.05) is 26.3 Å². The number of para-hydroxylation sites is 1. The van der Waals surface area contributed by atoms with Crippen LogP contribution < -0.4 is 0 Å². The van der Waals surface area contributed by atoms with Crippen LogP contribution in [-0.2, 0) is 4.74 Å². The molecule has 27 heavy (non-hydrogen) atoms. The number of hydrogen-bond acceptors (Lipinski definition) is 2. The number of nitrogens with zero attached hydrogens (tertiary/aromatic N) is 1. The number of hydrogen-bond donors (Lipinski definition) is 1. The molecule has 0 saturated carbocycles. The first-order chi connectivity index (χ1) is 13.3. The third-order valence-corrected chi connectivity index (χ3v) is 5.30. The maximum absolute atomic E-state index is 12.9. The topological polar surface area (TPSA) is 45.3 Å². The summed E-state index contributed by atoms with van der Waals surface area (Å²) in [5.74, 6) is 0.0696. The van der Waals surface area contributed by atoms with E-state index in [1.807, 2.05) is 23.2 Å². The first-order valence-electron chi connectivity index (χ1n) is 9.27. The Morgan fingerprint density at radius 1 is 0.926 bits per heavy atom. The molecule has 2 heterocycles. The molecule has 1 N–H and O–H groups in total. The van der Waals surface area contributed by atoms with Gasteiger partial charge in [-0.25, -0.2) is 0 Å². The summed E-state index contributed by atoms with van der Waals surface area (Å²) in [5, 5.41) is 3.41. The van der Waals surface area contributed by atoms with Gasteiger partial charge < -0.3 is 14.6 Å². The second-order valence-electron chi connectivity index (χ2n) is 6.90. The smallest absolute Gasteiger partial charge is 0.256 e. The molecule has 134 valence electrons. The van der Waals surface area contributed by atoms with E-state index in [4.69, 9.17) is 4.74 Å². The van der Waals surface area contributed by atoms with Crippen LogP contribution >= 0.6 is 0 Å². The van der Waals surface area contributed by atoms with Crippen molar-refractivity contribution >= 4 is 27.6 Å². The number of rotatable bonds is 2. The molecule has 0 bridgehead atoms. The average molecular weight is 356 g/mol. The highest BCUT2D eigenvalue weighted by Gasteiger charge is 2.22. The largest absolute Gasteiger partial charge is 0.378 e. The van der Waals surface area contributed by atoms with Crippen molar-refractivity contribution < 1.29 is 9.53 Å². The van der Waals surface area contributed by atoms with E-state index in [-0.39, 0.29) is 5.91 Å². The van der Waals surface area contributed by atoms with Crippen LogP contribution in [0.15, 0.2) is 66.9 Å². The van der Waals surface area contributed by atoms with Gasteiger partial charge in [-0.2, -0.15) is 0 Å². The number of carbonyl (C=O) groups is 1. The first kappa shape index (κ1) is 16.1. The van der Waals surface area contributed by atoms with Crippen molar-refractivity contribution in [1.29, 1.82) is 0 Å². The van der Waals surface area contributed by atoms with Crippen LogP contribution in [0, 0.1) is 0 Å². The Bertz CT molecular complexity index is 1140. The van der Waals surface area contributed by atoms with Gasteiger partial charge in [-0.15, -0.1) is 0 Å². The molecule has 0 aliphatic carbocycles. The summed E-state index contributed by atoms with van der Waals surface area (Å²) >= 11 is 0. The van der Waals surface area contributed by atoms with Crippen molar-refractivity contribution in [3.63, 3.8) is 0 Å². The SMILES string of the molecule is O=C(c1c[nH]c2c(-c3ccc4ccccc4c3)cccc12)N1CCOCC1. The summed E-state index contributed by atoms with van der Waals surface area (Å²) in [6, 6.07) is 21.0. The molecule has 0 spiro atoms. The molecule has 1 fully saturated rings. The third kappa shape index (κ3) is 2.78. The van der Waals surface area contributed by atoms with Gasteiger partial charge in [-0.3, -0.25) is 4.79 Å².